The van der Waals surface area contributed by atoms with E-state index in [0.717, 1.165) is 19.4 Å². The van der Waals surface area contributed by atoms with Gasteiger partial charge in [-0.25, -0.2) is 9.97 Å². The topological polar surface area (TPSA) is 73.0 Å². The predicted octanol–water partition coefficient (Wildman–Crippen LogP) is 1.35. The van der Waals surface area contributed by atoms with Crippen LogP contribution in [0.2, 0.25) is 5.28 Å². The third-order valence-corrected chi connectivity index (χ3v) is 2.97. The van der Waals surface area contributed by atoms with Crippen LogP contribution in [0.15, 0.2) is 6.07 Å². The molecule has 1 N–H and O–H groups in total. The molecule has 5 nitrogen and oxygen atoms in total. The molecule has 1 atom stereocenters. The van der Waals surface area contributed by atoms with Crippen molar-refractivity contribution in [3.05, 3.63) is 17.0 Å². The van der Waals surface area contributed by atoms with Crippen molar-refractivity contribution in [3.8, 4) is 6.07 Å². The molecule has 0 aromatic carbocycles. The summed E-state index contributed by atoms with van der Waals surface area (Å²) in [5, 5.41) is 18.9. The number of anilines is 1. The number of rotatable bonds is 1. The van der Waals surface area contributed by atoms with Gasteiger partial charge in [0, 0.05) is 19.2 Å². The molecule has 1 saturated heterocycles. The number of nitriles is 1. The Morgan fingerprint density at radius 3 is 3.00 bits per heavy atom. The van der Waals surface area contributed by atoms with E-state index in [1.54, 1.807) is 13.0 Å². The monoisotopic (exact) mass is 252 g/mol. The number of halogens is 1. The maximum atomic E-state index is 10.0. The molecule has 0 saturated carbocycles. The van der Waals surface area contributed by atoms with Crippen LogP contribution in [0.3, 0.4) is 0 Å². The normalized spacial score (nSPS) is 24.5. The summed E-state index contributed by atoms with van der Waals surface area (Å²) in [6.07, 6.45) is 1.66. The number of piperidine rings is 1. The number of aromatic nitrogens is 2. The van der Waals surface area contributed by atoms with Crippen molar-refractivity contribution < 1.29 is 5.11 Å². The van der Waals surface area contributed by atoms with Gasteiger partial charge >= 0.3 is 0 Å². The van der Waals surface area contributed by atoms with Gasteiger partial charge in [0.15, 0.2) is 0 Å². The molecular formula is C11H13ClN4O. The fraction of sp³-hybridized carbons (Fsp3) is 0.545. The lowest BCUT2D eigenvalue weighted by molar-refractivity contribution is 0.0447. The van der Waals surface area contributed by atoms with E-state index < -0.39 is 5.60 Å². The van der Waals surface area contributed by atoms with Gasteiger partial charge in [0.25, 0.3) is 0 Å². The van der Waals surface area contributed by atoms with Crippen LogP contribution in [0.25, 0.3) is 0 Å². The first-order chi connectivity index (χ1) is 8.00. The van der Waals surface area contributed by atoms with Gasteiger partial charge in [0.05, 0.1) is 5.60 Å². The van der Waals surface area contributed by atoms with Gasteiger partial charge < -0.3 is 10.0 Å². The minimum absolute atomic E-state index is 0.0595. The molecule has 1 aromatic rings. The zero-order chi connectivity index (χ0) is 12.5. The van der Waals surface area contributed by atoms with Crippen LogP contribution in [0.5, 0.6) is 0 Å². The van der Waals surface area contributed by atoms with Crippen LogP contribution in [0, 0.1) is 11.3 Å². The van der Waals surface area contributed by atoms with Crippen molar-refractivity contribution in [2.45, 2.75) is 25.4 Å². The van der Waals surface area contributed by atoms with Crippen LogP contribution in [0.4, 0.5) is 5.82 Å². The highest BCUT2D eigenvalue weighted by Gasteiger charge is 2.29. The second-order valence-electron chi connectivity index (χ2n) is 4.51. The summed E-state index contributed by atoms with van der Waals surface area (Å²) >= 11 is 5.76. The Bertz CT molecular complexity index is 469. The fourth-order valence-electron chi connectivity index (χ4n) is 2.04. The quantitative estimate of drug-likeness (QED) is 0.764. The van der Waals surface area contributed by atoms with Crippen LogP contribution in [0.1, 0.15) is 25.5 Å². The van der Waals surface area contributed by atoms with Gasteiger partial charge in [-0.3, -0.25) is 0 Å². The molecule has 0 bridgehead atoms. The van der Waals surface area contributed by atoms with E-state index in [1.165, 1.54) is 0 Å². The molecule has 2 rings (SSSR count). The van der Waals surface area contributed by atoms with Crippen molar-refractivity contribution in [1.82, 2.24) is 9.97 Å². The molecule has 6 heteroatoms. The standard InChI is InChI=1S/C11H13ClN4O/c1-11(17)3-2-4-16(7-11)9-5-8(6-13)14-10(12)15-9/h5,17H,2-4,7H2,1H3. The molecular weight excluding hydrogens is 240 g/mol. The Morgan fingerprint density at radius 1 is 1.59 bits per heavy atom. The van der Waals surface area contributed by atoms with Crippen molar-refractivity contribution in [1.29, 1.82) is 5.26 Å². The summed E-state index contributed by atoms with van der Waals surface area (Å²) in [6, 6.07) is 3.53. The summed E-state index contributed by atoms with van der Waals surface area (Å²) in [7, 11) is 0. The minimum Gasteiger partial charge on any atom is -0.388 e. The molecule has 90 valence electrons. The van der Waals surface area contributed by atoms with E-state index in [2.05, 4.69) is 9.97 Å². The summed E-state index contributed by atoms with van der Waals surface area (Å²) in [5.41, 5.74) is -0.479. The van der Waals surface area contributed by atoms with E-state index in [0.29, 0.717) is 12.4 Å². The molecule has 0 aliphatic carbocycles. The van der Waals surface area contributed by atoms with E-state index in [-0.39, 0.29) is 11.0 Å². The van der Waals surface area contributed by atoms with Gasteiger partial charge in [0.2, 0.25) is 5.28 Å². The maximum absolute atomic E-state index is 10.0. The van der Waals surface area contributed by atoms with Gasteiger partial charge in [-0.15, -0.1) is 0 Å². The molecule has 1 aromatic heterocycles. The molecule has 17 heavy (non-hydrogen) atoms. The first kappa shape index (κ1) is 12.1. The number of hydrogen-bond donors (Lipinski definition) is 1. The maximum Gasteiger partial charge on any atom is 0.225 e. The Kier molecular flexibility index (Phi) is 3.18. The minimum atomic E-state index is -0.720. The number of hydrogen-bond acceptors (Lipinski definition) is 5. The third kappa shape index (κ3) is 2.84. The fourth-order valence-corrected chi connectivity index (χ4v) is 2.22. The number of aliphatic hydroxyl groups is 1. The van der Waals surface area contributed by atoms with Gasteiger partial charge in [-0.1, -0.05) is 0 Å². The highest BCUT2D eigenvalue weighted by Crippen LogP contribution is 2.25. The lowest BCUT2D eigenvalue weighted by Crippen LogP contribution is -2.46. The lowest BCUT2D eigenvalue weighted by atomic mass is 9.95. The second kappa shape index (κ2) is 4.47. The van der Waals surface area contributed by atoms with E-state index in [4.69, 9.17) is 16.9 Å². The number of β-amino-alcohol motifs (C(OH)–C–C–N with tert-alkyl or cyclic N) is 1. The first-order valence-electron chi connectivity index (χ1n) is 5.42. The van der Waals surface area contributed by atoms with E-state index in [1.807, 2.05) is 11.0 Å². The molecule has 1 fully saturated rings. The summed E-state index contributed by atoms with van der Waals surface area (Å²) in [5.74, 6) is 0.599. The largest absolute Gasteiger partial charge is 0.388 e. The van der Waals surface area contributed by atoms with Crippen molar-refractivity contribution in [2.75, 3.05) is 18.0 Å². The molecule has 1 aliphatic heterocycles. The van der Waals surface area contributed by atoms with Crippen LogP contribution >= 0.6 is 11.6 Å². The Hall–Kier alpha value is -1.38. The van der Waals surface area contributed by atoms with Crippen molar-refractivity contribution in [2.24, 2.45) is 0 Å². The van der Waals surface area contributed by atoms with E-state index in [9.17, 15) is 5.11 Å². The smallest absolute Gasteiger partial charge is 0.225 e. The highest BCUT2D eigenvalue weighted by molar-refractivity contribution is 6.28. The average Bonchev–Trinajstić information content (AvgIpc) is 2.27. The molecule has 0 spiro atoms. The zero-order valence-electron chi connectivity index (χ0n) is 9.52. The second-order valence-corrected chi connectivity index (χ2v) is 4.85. The SMILES string of the molecule is CC1(O)CCCN(c2cc(C#N)nc(Cl)n2)C1. The summed E-state index contributed by atoms with van der Waals surface area (Å²) in [6.45, 7) is 3.09. The molecule has 0 amide bonds. The van der Waals surface area contributed by atoms with Crippen LogP contribution in [-0.2, 0) is 0 Å². The Morgan fingerprint density at radius 2 is 2.35 bits per heavy atom. The molecule has 1 unspecified atom stereocenters. The van der Waals surface area contributed by atoms with Gasteiger partial charge in [0.1, 0.15) is 17.6 Å². The Labute approximate surface area is 105 Å². The molecule has 1 aliphatic rings. The van der Waals surface area contributed by atoms with Crippen molar-refractivity contribution in [3.63, 3.8) is 0 Å². The van der Waals surface area contributed by atoms with E-state index >= 15 is 0 Å². The van der Waals surface area contributed by atoms with Crippen molar-refractivity contribution >= 4 is 17.4 Å². The number of nitrogens with zero attached hydrogens (tertiary/aromatic N) is 4. The highest BCUT2D eigenvalue weighted by atomic mass is 35.5. The summed E-state index contributed by atoms with van der Waals surface area (Å²) in [4.78, 5) is 9.81. The van der Waals surface area contributed by atoms with Gasteiger partial charge in [-0.2, -0.15) is 5.26 Å². The van der Waals surface area contributed by atoms with Crippen LogP contribution in [-0.4, -0.2) is 33.8 Å². The van der Waals surface area contributed by atoms with Crippen LogP contribution < -0.4 is 4.90 Å². The average molecular weight is 253 g/mol. The molecule has 0 radical (unpaired) electrons. The predicted molar refractivity (Wildman–Crippen MR) is 63.8 cm³/mol. The van der Waals surface area contributed by atoms with Gasteiger partial charge in [-0.05, 0) is 31.4 Å². The zero-order valence-corrected chi connectivity index (χ0v) is 10.3. The first-order valence-corrected chi connectivity index (χ1v) is 5.80. The lowest BCUT2D eigenvalue weighted by Gasteiger charge is -2.37. The summed E-state index contributed by atoms with van der Waals surface area (Å²) < 4.78 is 0. The Balaban J connectivity index is 2.28. The third-order valence-electron chi connectivity index (χ3n) is 2.80. The molecule has 2 heterocycles.